The number of nitrogens with one attached hydrogen (secondary N) is 1. The molecule has 0 unspecified atom stereocenters. The van der Waals surface area contributed by atoms with Gasteiger partial charge in [0, 0.05) is 24.3 Å². The number of nitrogens with zero attached hydrogens (tertiary/aromatic N) is 2. The number of guanidine groups is 1. The highest BCUT2D eigenvalue weighted by Crippen LogP contribution is 2.09. The lowest BCUT2D eigenvalue weighted by molar-refractivity contribution is -0.114. The normalized spacial score (nSPS) is 15.4. The van der Waals surface area contributed by atoms with Crippen molar-refractivity contribution >= 4 is 17.6 Å². The maximum Gasteiger partial charge on any atom is 0.246 e. The third-order valence-electron chi connectivity index (χ3n) is 3.03. The van der Waals surface area contributed by atoms with E-state index in [1.807, 2.05) is 4.90 Å². The molecule has 2 rings (SSSR count). The maximum absolute atomic E-state index is 11.8. The van der Waals surface area contributed by atoms with E-state index in [9.17, 15) is 4.79 Å². The molecule has 1 heterocycles. The van der Waals surface area contributed by atoms with Crippen LogP contribution >= 0.6 is 0 Å². The molecule has 21 heavy (non-hydrogen) atoms. The van der Waals surface area contributed by atoms with Crippen LogP contribution < -0.4 is 11.1 Å². The van der Waals surface area contributed by atoms with E-state index in [4.69, 9.17) is 16.9 Å². The average molecular weight is 286 g/mol. The van der Waals surface area contributed by atoms with Gasteiger partial charge in [0.25, 0.3) is 0 Å². The van der Waals surface area contributed by atoms with Gasteiger partial charge in [-0.3, -0.25) is 4.79 Å². The average Bonchev–Trinajstić information content (AvgIpc) is 2.53. The van der Waals surface area contributed by atoms with Crippen LogP contribution in [0.3, 0.4) is 0 Å². The van der Waals surface area contributed by atoms with Crippen molar-refractivity contribution in [2.24, 2.45) is 10.7 Å². The van der Waals surface area contributed by atoms with Gasteiger partial charge in [-0.25, -0.2) is 4.99 Å². The highest BCUT2D eigenvalue weighted by molar-refractivity contribution is 5.94. The topological polar surface area (TPSA) is 80.0 Å². The molecule has 1 aliphatic rings. The molecule has 0 bridgehead atoms. The number of carbonyl (C=O) groups excluding carboxylic acids is 1. The molecular weight excluding hydrogens is 268 g/mol. The summed E-state index contributed by atoms with van der Waals surface area (Å²) in [5.41, 5.74) is 7.21. The van der Waals surface area contributed by atoms with Crippen LogP contribution in [-0.4, -0.2) is 49.6 Å². The van der Waals surface area contributed by atoms with Crippen LogP contribution in [0.1, 0.15) is 5.56 Å². The summed E-state index contributed by atoms with van der Waals surface area (Å²) in [4.78, 5) is 17.8. The van der Waals surface area contributed by atoms with Crippen LogP contribution in [0.2, 0.25) is 0 Å². The Morgan fingerprint density at radius 2 is 2.24 bits per heavy atom. The summed E-state index contributed by atoms with van der Waals surface area (Å²) in [6.45, 7) is 2.62. The Balaban J connectivity index is 1.87. The summed E-state index contributed by atoms with van der Waals surface area (Å²) in [5, 5.41) is 2.73. The number of ether oxygens (including phenoxy) is 1. The fourth-order valence-corrected chi connectivity index (χ4v) is 1.93. The predicted molar refractivity (Wildman–Crippen MR) is 81.9 cm³/mol. The Bertz CT molecular complexity index is 571. The van der Waals surface area contributed by atoms with Gasteiger partial charge >= 0.3 is 0 Å². The van der Waals surface area contributed by atoms with Gasteiger partial charge in [0.2, 0.25) is 5.91 Å². The van der Waals surface area contributed by atoms with Gasteiger partial charge in [0.1, 0.15) is 6.54 Å². The molecule has 6 heteroatoms. The first-order valence-electron chi connectivity index (χ1n) is 6.68. The summed E-state index contributed by atoms with van der Waals surface area (Å²) >= 11 is 0. The molecule has 3 N–H and O–H groups in total. The monoisotopic (exact) mass is 286 g/mol. The fourth-order valence-electron chi connectivity index (χ4n) is 1.93. The summed E-state index contributed by atoms with van der Waals surface area (Å²) in [7, 11) is 0. The second-order valence-corrected chi connectivity index (χ2v) is 4.55. The molecule has 1 saturated heterocycles. The molecule has 0 spiro atoms. The second-order valence-electron chi connectivity index (χ2n) is 4.55. The van der Waals surface area contributed by atoms with Gasteiger partial charge < -0.3 is 20.7 Å². The van der Waals surface area contributed by atoms with Crippen molar-refractivity contribution < 1.29 is 9.53 Å². The molecule has 0 atom stereocenters. The third-order valence-corrected chi connectivity index (χ3v) is 3.03. The number of morpholine rings is 1. The van der Waals surface area contributed by atoms with Crippen molar-refractivity contribution in [2.45, 2.75) is 0 Å². The van der Waals surface area contributed by atoms with Crippen molar-refractivity contribution in [1.82, 2.24) is 4.90 Å². The predicted octanol–water partition coefficient (Wildman–Crippen LogP) is 0.253. The van der Waals surface area contributed by atoms with E-state index in [0.717, 1.165) is 0 Å². The van der Waals surface area contributed by atoms with Crippen LogP contribution in [0, 0.1) is 12.3 Å². The molecule has 1 fully saturated rings. The van der Waals surface area contributed by atoms with Crippen LogP contribution in [-0.2, 0) is 9.53 Å². The molecule has 1 amide bonds. The first-order valence-corrected chi connectivity index (χ1v) is 6.68. The van der Waals surface area contributed by atoms with E-state index in [-0.39, 0.29) is 12.5 Å². The molecule has 0 aromatic heterocycles. The minimum absolute atomic E-state index is 0.0243. The lowest BCUT2D eigenvalue weighted by atomic mass is 10.2. The highest BCUT2D eigenvalue weighted by Gasteiger charge is 2.12. The summed E-state index contributed by atoms with van der Waals surface area (Å²) in [6.07, 6.45) is 5.31. The molecule has 0 saturated carbocycles. The number of anilines is 1. The minimum atomic E-state index is -0.236. The first kappa shape index (κ1) is 14.9. The SMILES string of the molecule is C#Cc1cccc(NC(=O)CN=C(N)N2CCOCC2)c1. The van der Waals surface area contributed by atoms with Gasteiger partial charge in [-0.2, -0.15) is 0 Å². The standard InChI is InChI=1S/C15H18N4O2/c1-2-12-4-3-5-13(10-12)18-14(20)11-17-15(16)19-6-8-21-9-7-19/h1,3-5,10H,6-9,11H2,(H2,16,17)(H,18,20). The zero-order valence-corrected chi connectivity index (χ0v) is 11.7. The Hall–Kier alpha value is -2.52. The molecule has 110 valence electrons. The number of amides is 1. The quantitative estimate of drug-likeness (QED) is 0.474. The fraction of sp³-hybridized carbons (Fsp3) is 0.333. The minimum Gasteiger partial charge on any atom is -0.378 e. The van der Waals surface area contributed by atoms with Crippen molar-refractivity contribution in [1.29, 1.82) is 0 Å². The Morgan fingerprint density at radius 3 is 2.95 bits per heavy atom. The van der Waals surface area contributed by atoms with E-state index in [1.54, 1.807) is 24.3 Å². The molecule has 0 aliphatic carbocycles. The number of nitrogens with two attached hydrogens (primary N) is 1. The van der Waals surface area contributed by atoms with Gasteiger partial charge in [-0.05, 0) is 18.2 Å². The number of aliphatic imine (C=N–C) groups is 1. The third kappa shape index (κ3) is 4.51. The van der Waals surface area contributed by atoms with Crippen LogP contribution in [0.25, 0.3) is 0 Å². The van der Waals surface area contributed by atoms with E-state index in [2.05, 4.69) is 16.2 Å². The lowest BCUT2D eigenvalue weighted by Crippen LogP contribution is -2.45. The molecule has 1 aromatic carbocycles. The van der Waals surface area contributed by atoms with Gasteiger partial charge in [0.05, 0.1) is 13.2 Å². The molecule has 0 radical (unpaired) electrons. The van der Waals surface area contributed by atoms with Gasteiger partial charge in [0.15, 0.2) is 5.96 Å². The number of hydrogen-bond acceptors (Lipinski definition) is 3. The number of terminal acetylenes is 1. The van der Waals surface area contributed by atoms with Crippen molar-refractivity contribution in [3.8, 4) is 12.3 Å². The molecule has 1 aromatic rings. The number of rotatable bonds is 3. The van der Waals surface area contributed by atoms with E-state index in [0.29, 0.717) is 43.5 Å². The zero-order chi connectivity index (χ0) is 15.1. The second kappa shape index (κ2) is 7.31. The van der Waals surface area contributed by atoms with Crippen LogP contribution in [0.15, 0.2) is 29.3 Å². The largest absolute Gasteiger partial charge is 0.378 e. The molecular formula is C15H18N4O2. The van der Waals surface area contributed by atoms with Crippen LogP contribution in [0.4, 0.5) is 5.69 Å². The number of hydrogen-bond donors (Lipinski definition) is 2. The van der Waals surface area contributed by atoms with Crippen molar-refractivity contribution in [3.63, 3.8) is 0 Å². The number of carbonyl (C=O) groups is 1. The van der Waals surface area contributed by atoms with Gasteiger partial charge in [-0.15, -0.1) is 6.42 Å². The summed E-state index contributed by atoms with van der Waals surface area (Å²) in [6, 6.07) is 7.08. The van der Waals surface area contributed by atoms with E-state index < -0.39 is 0 Å². The zero-order valence-electron chi connectivity index (χ0n) is 11.7. The van der Waals surface area contributed by atoms with Crippen LogP contribution in [0.5, 0.6) is 0 Å². The summed E-state index contributed by atoms with van der Waals surface area (Å²) < 4.78 is 5.23. The maximum atomic E-state index is 11.8. The van der Waals surface area contributed by atoms with E-state index >= 15 is 0 Å². The van der Waals surface area contributed by atoms with E-state index in [1.165, 1.54) is 0 Å². The Kier molecular flexibility index (Phi) is 5.18. The number of benzene rings is 1. The molecule has 1 aliphatic heterocycles. The highest BCUT2D eigenvalue weighted by atomic mass is 16.5. The molecule has 6 nitrogen and oxygen atoms in total. The van der Waals surface area contributed by atoms with Crippen molar-refractivity contribution in [3.05, 3.63) is 29.8 Å². The van der Waals surface area contributed by atoms with Crippen molar-refractivity contribution in [2.75, 3.05) is 38.2 Å². The smallest absolute Gasteiger partial charge is 0.246 e. The van der Waals surface area contributed by atoms with Gasteiger partial charge in [-0.1, -0.05) is 12.0 Å². The lowest BCUT2D eigenvalue weighted by Gasteiger charge is -2.27. The Labute approximate surface area is 124 Å². The first-order chi connectivity index (χ1) is 10.2. The Morgan fingerprint density at radius 1 is 1.48 bits per heavy atom. The summed E-state index contributed by atoms with van der Waals surface area (Å²) in [5.74, 6) is 2.65.